The first-order valence-electron chi connectivity index (χ1n) is 8.59. The van der Waals surface area contributed by atoms with Crippen LogP contribution in [0.5, 0.6) is 5.75 Å². The van der Waals surface area contributed by atoms with Crippen LogP contribution in [0.4, 0.5) is 5.69 Å². The highest BCUT2D eigenvalue weighted by atomic mass is 35.5. The maximum Gasteiger partial charge on any atom is 0.216 e. The summed E-state index contributed by atoms with van der Waals surface area (Å²) in [5.74, 6) is 0.651. The average molecular weight is 402 g/mol. The molecule has 0 aliphatic carbocycles. The fourth-order valence-electron chi connectivity index (χ4n) is 2.76. The summed E-state index contributed by atoms with van der Waals surface area (Å²) in [6.07, 6.45) is 1.55. The number of H-pyrrole nitrogens is 1. The molecule has 27 heavy (non-hydrogen) atoms. The van der Waals surface area contributed by atoms with E-state index in [0.29, 0.717) is 26.7 Å². The van der Waals surface area contributed by atoms with Crippen LogP contribution in [-0.2, 0) is 0 Å². The Morgan fingerprint density at radius 2 is 2.00 bits per heavy atom. The van der Waals surface area contributed by atoms with Crippen LogP contribution in [-0.4, -0.2) is 39.3 Å². The molecule has 3 rings (SSSR count). The number of hydrogen-bond acceptors (Lipinski definition) is 5. The molecule has 0 atom stereocenters. The van der Waals surface area contributed by atoms with Crippen LogP contribution < -0.4 is 4.90 Å². The van der Waals surface area contributed by atoms with Gasteiger partial charge in [-0.15, -0.1) is 0 Å². The summed E-state index contributed by atoms with van der Waals surface area (Å²) in [7, 11) is 0. The number of aromatic hydroxyl groups is 1. The van der Waals surface area contributed by atoms with Crippen LogP contribution in [0.2, 0.25) is 5.02 Å². The third kappa shape index (κ3) is 4.04. The maximum atomic E-state index is 10.4. The van der Waals surface area contributed by atoms with Gasteiger partial charge in [0, 0.05) is 36.0 Å². The minimum atomic E-state index is 0.150. The fraction of sp³-hybridized carbons (Fsp3) is 0.211. The van der Waals surface area contributed by atoms with Crippen molar-refractivity contribution in [1.29, 1.82) is 0 Å². The van der Waals surface area contributed by atoms with E-state index in [1.807, 2.05) is 30.3 Å². The summed E-state index contributed by atoms with van der Waals surface area (Å²) in [5, 5.41) is 22.2. The van der Waals surface area contributed by atoms with Crippen LogP contribution in [0.15, 0.2) is 47.6 Å². The fourth-order valence-corrected chi connectivity index (χ4v) is 3.16. The molecule has 0 fully saturated rings. The van der Waals surface area contributed by atoms with E-state index in [1.54, 1.807) is 18.3 Å². The topological polar surface area (TPSA) is 69.4 Å². The zero-order chi connectivity index (χ0) is 19.4. The van der Waals surface area contributed by atoms with Gasteiger partial charge in [-0.05, 0) is 50.3 Å². The highest BCUT2D eigenvalue weighted by Gasteiger charge is 2.11. The lowest BCUT2D eigenvalue weighted by Crippen LogP contribution is -2.21. The van der Waals surface area contributed by atoms with E-state index in [1.165, 1.54) is 4.68 Å². The van der Waals surface area contributed by atoms with Crippen LogP contribution in [0.25, 0.3) is 11.4 Å². The Bertz CT molecular complexity index is 1020. The number of phenols is 1. The van der Waals surface area contributed by atoms with Gasteiger partial charge in [-0.1, -0.05) is 23.7 Å². The molecule has 3 aromatic rings. The third-order valence-corrected chi connectivity index (χ3v) is 4.81. The summed E-state index contributed by atoms with van der Waals surface area (Å²) in [4.78, 5) is 2.16. The molecule has 140 valence electrons. The van der Waals surface area contributed by atoms with Crippen LogP contribution in [0, 0.1) is 4.77 Å². The van der Waals surface area contributed by atoms with Crippen molar-refractivity contribution in [2.45, 2.75) is 13.8 Å². The van der Waals surface area contributed by atoms with Crippen molar-refractivity contribution in [3.63, 3.8) is 0 Å². The number of rotatable bonds is 6. The Balaban J connectivity index is 1.95. The molecule has 0 saturated heterocycles. The Morgan fingerprint density at radius 3 is 2.67 bits per heavy atom. The van der Waals surface area contributed by atoms with E-state index in [9.17, 15) is 5.11 Å². The minimum absolute atomic E-state index is 0.150. The molecule has 6 nitrogen and oxygen atoms in total. The third-order valence-electron chi connectivity index (χ3n) is 4.22. The summed E-state index contributed by atoms with van der Waals surface area (Å²) in [6, 6.07) is 12.8. The molecule has 0 aliphatic heterocycles. The van der Waals surface area contributed by atoms with E-state index in [0.717, 1.165) is 18.8 Å². The zero-order valence-electron chi connectivity index (χ0n) is 15.1. The predicted molar refractivity (Wildman–Crippen MR) is 113 cm³/mol. The minimum Gasteiger partial charge on any atom is -0.507 e. The Morgan fingerprint density at radius 1 is 1.26 bits per heavy atom. The van der Waals surface area contributed by atoms with E-state index < -0.39 is 0 Å². The van der Waals surface area contributed by atoms with Gasteiger partial charge in [-0.25, -0.2) is 5.10 Å². The van der Waals surface area contributed by atoms with Crippen molar-refractivity contribution in [3.05, 3.63) is 57.8 Å². The van der Waals surface area contributed by atoms with Crippen LogP contribution in [0.3, 0.4) is 0 Å². The molecule has 0 aliphatic rings. The highest BCUT2D eigenvalue weighted by Crippen LogP contribution is 2.27. The first-order chi connectivity index (χ1) is 13.0. The van der Waals surface area contributed by atoms with Crippen molar-refractivity contribution < 1.29 is 5.11 Å². The molecular formula is C19H20ClN5OS. The second-order valence-corrected chi connectivity index (χ2v) is 6.60. The number of aromatic nitrogens is 3. The number of nitrogens with zero attached hydrogens (tertiary/aromatic N) is 4. The Hall–Kier alpha value is -2.64. The predicted octanol–water partition coefficient (Wildman–Crippen LogP) is 4.70. The van der Waals surface area contributed by atoms with Gasteiger partial charge in [0.1, 0.15) is 5.75 Å². The van der Waals surface area contributed by atoms with Crippen molar-refractivity contribution >= 4 is 35.7 Å². The molecule has 2 N–H and O–H groups in total. The average Bonchev–Trinajstić information content (AvgIpc) is 3.03. The normalized spacial score (nSPS) is 11.2. The van der Waals surface area contributed by atoms with Gasteiger partial charge in [-0.2, -0.15) is 14.9 Å². The molecule has 8 heteroatoms. The maximum absolute atomic E-state index is 10.4. The molecule has 0 radical (unpaired) electrons. The van der Waals surface area contributed by atoms with Crippen LogP contribution >= 0.6 is 23.8 Å². The van der Waals surface area contributed by atoms with Gasteiger partial charge >= 0.3 is 0 Å². The van der Waals surface area contributed by atoms with Gasteiger partial charge in [0.05, 0.1) is 11.2 Å². The molecule has 0 amide bonds. The van der Waals surface area contributed by atoms with Crippen molar-refractivity contribution in [2.75, 3.05) is 18.0 Å². The van der Waals surface area contributed by atoms with E-state index in [4.69, 9.17) is 23.8 Å². The lowest BCUT2D eigenvalue weighted by Gasteiger charge is -2.21. The number of aromatic amines is 1. The summed E-state index contributed by atoms with van der Waals surface area (Å²) in [6.45, 7) is 5.89. The smallest absolute Gasteiger partial charge is 0.216 e. The number of benzene rings is 2. The number of anilines is 1. The second kappa shape index (κ2) is 8.37. The summed E-state index contributed by atoms with van der Waals surface area (Å²) >= 11 is 11.5. The molecule has 0 unspecified atom stereocenters. The number of hydrogen-bond donors (Lipinski definition) is 2. The zero-order valence-corrected chi connectivity index (χ0v) is 16.6. The second-order valence-electron chi connectivity index (χ2n) is 5.80. The SMILES string of the molecule is CCN(CC)c1ccc(/C=N/n2c(-c3ccccc3Cl)n[nH]c2=S)c(O)c1. The van der Waals surface area contributed by atoms with Gasteiger partial charge in [-0.3, -0.25) is 0 Å². The standard InChI is InChI=1S/C19H20ClN5OS/c1-3-24(4-2)14-10-9-13(17(26)11-14)12-21-25-18(22-23-19(25)27)15-7-5-6-8-16(15)20/h5-12,26H,3-4H2,1-2H3,(H,23,27)/b21-12+. The highest BCUT2D eigenvalue weighted by molar-refractivity contribution is 7.71. The van der Waals surface area contributed by atoms with E-state index in [-0.39, 0.29) is 5.75 Å². The van der Waals surface area contributed by atoms with Gasteiger partial charge in [0.2, 0.25) is 4.77 Å². The number of nitrogens with one attached hydrogen (secondary N) is 1. The number of phenolic OH excluding ortho intramolecular Hbond substituents is 1. The number of halogens is 1. The van der Waals surface area contributed by atoms with Crippen molar-refractivity contribution in [2.24, 2.45) is 5.10 Å². The van der Waals surface area contributed by atoms with Crippen molar-refractivity contribution in [3.8, 4) is 17.1 Å². The Labute approximate surface area is 167 Å². The molecule has 0 bridgehead atoms. The van der Waals surface area contributed by atoms with Crippen LogP contribution in [0.1, 0.15) is 19.4 Å². The van der Waals surface area contributed by atoms with Crippen molar-refractivity contribution in [1.82, 2.24) is 14.9 Å². The molecular weight excluding hydrogens is 382 g/mol. The quantitative estimate of drug-likeness (QED) is 0.464. The largest absolute Gasteiger partial charge is 0.507 e. The molecule has 0 saturated carbocycles. The molecule has 1 heterocycles. The monoisotopic (exact) mass is 401 g/mol. The first-order valence-corrected chi connectivity index (χ1v) is 9.38. The first kappa shape index (κ1) is 19.1. The Kier molecular flexibility index (Phi) is 5.93. The lowest BCUT2D eigenvalue weighted by molar-refractivity contribution is 0.474. The van der Waals surface area contributed by atoms with E-state index in [2.05, 4.69) is 34.0 Å². The summed E-state index contributed by atoms with van der Waals surface area (Å²) in [5.41, 5.74) is 2.26. The van der Waals surface area contributed by atoms with Gasteiger partial charge in [0.15, 0.2) is 5.82 Å². The van der Waals surface area contributed by atoms with E-state index >= 15 is 0 Å². The molecule has 2 aromatic carbocycles. The molecule has 1 aromatic heterocycles. The molecule has 0 spiro atoms. The summed E-state index contributed by atoms with van der Waals surface area (Å²) < 4.78 is 1.81. The van der Waals surface area contributed by atoms with Gasteiger partial charge in [0.25, 0.3) is 0 Å². The van der Waals surface area contributed by atoms with Gasteiger partial charge < -0.3 is 10.0 Å². The lowest BCUT2D eigenvalue weighted by atomic mass is 10.2.